The summed E-state index contributed by atoms with van der Waals surface area (Å²) in [4.78, 5) is 34.1. The molecule has 0 N–H and O–H groups in total. The number of amides is 1. The van der Waals surface area contributed by atoms with Crippen molar-refractivity contribution in [1.29, 1.82) is 0 Å². The smallest absolute Gasteiger partial charge is 0.349 e. The number of hydrogen-bond acceptors (Lipinski definition) is 7. The molecule has 0 aliphatic carbocycles. The normalized spacial score (nSPS) is 14.5. The van der Waals surface area contributed by atoms with Gasteiger partial charge in [0, 0.05) is 42.5 Å². The van der Waals surface area contributed by atoms with Crippen LogP contribution in [0, 0.1) is 0 Å². The van der Waals surface area contributed by atoms with E-state index in [1.54, 1.807) is 41.5 Å². The maximum absolute atomic E-state index is 13.0. The van der Waals surface area contributed by atoms with E-state index in [1.165, 1.54) is 0 Å². The summed E-state index contributed by atoms with van der Waals surface area (Å²) in [6.45, 7) is 3.28. The number of para-hydroxylation sites is 1. The van der Waals surface area contributed by atoms with E-state index in [0.717, 1.165) is 47.0 Å². The SMILES string of the molecule is COc1cccc(-c2csc(CN3CCN(C(=O)c4cc5ccccc5oc4=O)CC3)n2)c1. The highest BCUT2D eigenvalue weighted by molar-refractivity contribution is 7.09. The molecule has 5 rings (SSSR count). The van der Waals surface area contributed by atoms with Crippen LogP contribution in [0.2, 0.25) is 0 Å². The van der Waals surface area contributed by atoms with Crippen LogP contribution < -0.4 is 10.4 Å². The lowest BCUT2D eigenvalue weighted by Crippen LogP contribution is -2.49. The second kappa shape index (κ2) is 9.17. The number of nitrogens with zero attached hydrogens (tertiary/aromatic N) is 3. The maximum Gasteiger partial charge on any atom is 0.349 e. The first-order valence-electron chi connectivity index (χ1n) is 10.7. The summed E-state index contributed by atoms with van der Waals surface area (Å²) in [5.41, 5.74) is 1.95. The van der Waals surface area contributed by atoms with E-state index < -0.39 is 5.63 Å². The number of ether oxygens (including phenoxy) is 1. The van der Waals surface area contributed by atoms with Gasteiger partial charge in [0.15, 0.2) is 0 Å². The first kappa shape index (κ1) is 21.4. The number of carbonyl (C=O) groups excluding carboxylic acids is 1. The van der Waals surface area contributed by atoms with Gasteiger partial charge in [-0.05, 0) is 24.3 Å². The number of benzene rings is 2. The summed E-state index contributed by atoms with van der Waals surface area (Å²) in [5, 5.41) is 3.83. The van der Waals surface area contributed by atoms with Crippen LogP contribution in [-0.4, -0.2) is 54.0 Å². The number of rotatable bonds is 5. The first-order valence-corrected chi connectivity index (χ1v) is 11.6. The van der Waals surface area contributed by atoms with Crippen molar-refractivity contribution < 1.29 is 13.9 Å². The highest BCUT2D eigenvalue weighted by Gasteiger charge is 2.25. The molecule has 0 unspecified atom stereocenters. The van der Waals surface area contributed by atoms with E-state index in [2.05, 4.69) is 10.3 Å². The number of thiazole rings is 1. The van der Waals surface area contributed by atoms with Gasteiger partial charge >= 0.3 is 5.63 Å². The Morgan fingerprint density at radius 3 is 2.73 bits per heavy atom. The number of aromatic nitrogens is 1. The number of fused-ring (bicyclic) bond motifs is 1. The number of carbonyl (C=O) groups is 1. The Hall–Kier alpha value is -3.49. The molecule has 0 atom stereocenters. The first-order chi connectivity index (χ1) is 16.1. The molecule has 0 bridgehead atoms. The Bertz CT molecular complexity index is 1360. The fourth-order valence-electron chi connectivity index (χ4n) is 3.98. The molecule has 0 radical (unpaired) electrons. The Kier molecular flexibility index (Phi) is 5.93. The molecule has 1 amide bonds. The van der Waals surface area contributed by atoms with Crippen LogP contribution in [0.1, 0.15) is 15.4 Å². The van der Waals surface area contributed by atoms with Crippen LogP contribution in [-0.2, 0) is 6.54 Å². The van der Waals surface area contributed by atoms with Crippen molar-refractivity contribution in [2.75, 3.05) is 33.3 Å². The monoisotopic (exact) mass is 461 g/mol. The van der Waals surface area contributed by atoms with Crippen molar-refractivity contribution in [2.24, 2.45) is 0 Å². The minimum atomic E-state index is -0.589. The number of methoxy groups -OCH3 is 1. The van der Waals surface area contributed by atoms with E-state index >= 15 is 0 Å². The molecule has 2 aromatic carbocycles. The van der Waals surface area contributed by atoms with E-state index in [0.29, 0.717) is 18.7 Å². The molecule has 1 aliphatic heterocycles. The molecule has 8 heteroatoms. The third-order valence-electron chi connectivity index (χ3n) is 5.81. The Morgan fingerprint density at radius 1 is 1.09 bits per heavy atom. The van der Waals surface area contributed by atoms with Gasteiger partial charge in [-0.3, -0.25) is 9.69 Å². The Labute approximate surface area is 194 Å². The van der Waals surface area contributed by atoms with Gasteiger partial charge in [0.2, 0.25) is 0 Å². The molecule has 4 aromatic rings. The summed E-state index contributed by atoms with van der Waals surface area (Å²) in [5.74, 6) is 0.534. The second-order valence-electron chi connectivity index (χ2n) is 7.91. The van der Waals surface area contributed by atoms with Gasteiger partial charge in [-0.1, -0.05) is 30.3 Å². The standard InChI is InChI=1S/C25H23N3O4S/c1-31-19-7-4-6-17(13-19)21-16-33-23(26-21)15-27-9-11-28(12-10-27)24(29)20-14-18-5-2-3-8-22(18)32-25(20)30/h2-8,13-14,16H,9-12,15H2,1H3. The van der Waals surface area contributed by atoms with Gasteiger partial charge in [-0.15, -0.1) is 11.3 Å². The molecular formula is C25H23N3O4S. The molecule has 168 valence electrons. The van der Waals surface area contributed by atoms with E-state index in [4.69, 9.17) is 14.1 Å². The van der Waals surface area contributed by atoms with Gasteiger partial charge in [0.25, 0.3) is 5.91 Å². The predicted octanol–water partition coefficient (Wildman–Crippen LogP) is 3.88. The summed E-state index contributed by atoms with van der Waals surface area (Å²) in [6, 6.07) is 16.7. The Balaban J connectivity index is 1.22. The van der Waals surface area contributed by atoms with E-state index in [-0.39, 0.29) is 11.5 Å². The quantitative estimate of drug-likeness (QED) is 0.420. The molecule has 1 fully saturated rings. The molecular weight excluding hydrogens is 438 g/mol. The highest BCUT2D eigenvalue weighted by Crippen LogP contribution is 2.26. The lowest BCUT2D eigenvalue weighted by molar-refractivity contribution is 0.0624. The van der Waals surface area contributed by atoms with Crippen molar-refractivity contribution in [1.82, 2.24) is 14.8 Å². The molecule has 7 nitrogen and oxygen atoms in total. The van der Waals surface area contributed by atoms with Gasteiger partial charge < -0.3 is 14.1 Å². The topological polar surface area (TPSA) is 75.9 Å². The minimum absolute atomic E-state index is 0.0880. The van der Waals surface area contributed by atoms with Crippen LogP contribution in [0.3, 0.4) is 0 Å². The van der Waals surface area contributed by atoms with E-state index in [9.17, 15) is 9.59 Å². The van der Waals surface area contributed by atoms with Crippen molar-refractivity contribution in [2.45, 2.75) is 6.54 Å². The zero-order chi connectivity index (χ0) is 22.8. The zero-order valence-corrected chi connectivity index (χ0v) is 19.0. The average Bonchev–Trinajstić information content (AvgIpc) is 3.32. The molecule has 0 spiro atoms. The third-order valence-corrected chi connectivity index (χ3v) is 6.64. The third kappa shape index (κ3) is 4.53. The Morgan fingerprint density at radius 2 is 1.91 bits per heavy atom. The zero-order valence-electron chi connectivity index (χ0n) is 18.2. The van der Waals surface area contributed by atoms with Gasteiger partial charge in [-0.2, -0.15) is 0 Å². The fraction of sp³-hybridized carbons (Fsp3) is 0.240. The van der Waals surface area contributed by atoms with Crippen LogP contribution in [0.15, 0.2) is 69.2 Å². The molecule has 33 heavy (non-hydrogen) atoms. The lowest BCUT2D eigenvalue weighted by atomic mass is 10.1. The summed E-state index contributed by atoms with van der Waals surface area (Å²) < 4.78 is 10.6. The van der Waals surface area contributed by atoms with Gasteiger partial charge in [0.05, 0.1) is 19.3 Å². The van der Waals surface area contributed by atoms with Crippen molar-refractivity contribution in [3.63, 3.8) is 0 Å². The van der Waals surface area contributed by atoms with Gasteiger partial charge in [-0.25, -0.2) is 9.78 Å². The van der Waals surface area contributed by atoms with Crippen molar-refractivity contribution >= 4 is 28.2 Å². The maximum atomic E-state index is 13.0. The van der Waals surface area contributed by atoms with E-state index in [1.807, 2.05) is 36.4 Å². The number of piperazine rings is 1. The highest BCUT2D eigenvalue weighted by atomic mass is 32.1. The average molecular weight is 462 g/mol. The summed E-state index contributed by atoms with van der Waals surface area (Å²) in [7, 11) is 1.66. The number of hydrogen-bond donors (Lipinski definition) is 0. The van der Waals surface area contributed by atoms with Crippen molar-refractivity contribution in [3.8, 4) is 17.0 Å². The minimum Gasteiger partial charge on any atom is -0.497 e. The largest absolute Gasteiger partial charge is 0.497 e. The van der Waals surface area contributed by atoms with Gasteiger partial charge in [0.1, 0.15) is 21.9 Å². The van der Waals surface area contributed by atoms with Crippen LogP contribution >= 0.6 is 11.3 Å². The van der Waals surface area contributed by atoms with Crippen molar-refractivity contribution in [3.05, 3.63) is 81.0 Å². The predicted molar refractivity (Wildman–Crippen MR) is 128 cm³/mol. The second-order valence-corrected chi connectivity index (χ2v) is 8.85. The molecule has 1 aliphatic rings. The van der Waals surface area contributed by atoms with Crippen LogP contribution in [0.5, 0.6) is 5.75 Å². The molecule has 1 saturated heterocycles. The summed E-state index contributed by atoms with van der Waals surface area (Å²) in [6.07, 6.45) is 0. The van der Waals surface area contributed by atoms with Crippen LogP contribution in [0.25, 0.3) is 22.2 Å². The fourth-order valence-corrected chi connectivity index (χ4v) is 4.82. The molecule has 2 aromatic heterocycles. The lowest BCUT2D eigenvalue weighted by Gasteiger charge is -2.34. The molecule has 0 saturated carbocycles. The molecule has 3 heterocycles. The summed E-state index contributed by atoms with van der Waals surface area (Å²) >= 11 is 1.63. The van der Waals surface area contributed by atoms with Crippen LogP contribution in [0.4, 0.5) is 0 Å².